The molecule has 1 atom stereocenters. The Morgan fingerprint density at radius 1 is 1.47 bits per heavy atom. The molecule has 1 aromatic carbocycles. The summed E-state index contributed by atoms with van der Waals surface area (Å²) in [4.78, 5) is 10.8. The van der Waals surface area contributed by atoms with Crippen LogP contribution >= 0.6 is 0 Å². The molecule has 0 saturated heterocycles. The number of fused-ring (bicyclic) bond motifs is 1. The summed E-state index contributed by atoms with van der Waals surface area (Å²) in [5, 5.41) is 14.4. The first-order valence-electron chi connectivity index (χ1n) is 5.73. The molecule has 0 aliphatic rings. The fraction of sp³-hybridized carbons (Fsp3) is 0.385. The molecule has 1 heterocycles. The number of hydrogen-bond donors (Lipinski definition) is 1. The maximum absolute atomic E-state index is 10.8. The van der Waals surface area contributed by atoms with Crippen LogP contribution in [-0.2, 0) is 18.3 Å². The number of aryl methyl sites for hydroxylation is 2. The number of benzene rings is 1. The fourth-order valence-corrected chi connectivity index (χ4v) is 1.95. The quantitative estimate of drug-likeness (QED) is 0.879. The summed E-state index contributed by atoms with van der Waals surface area (Å²) in [5.41, 5.74) is 2.07. The molecular formula is C13H16N2O2. The second-order valence-corrected chi connectivity index (χ2v) is 4.37. The fourth-order valence-electron chi connectivity index (χ4n) is 1.95. The zero-order valence-corrected chi connectivity index (χ0v) is 10.1. The molecule has 2 aromatic rings. The van der Waals surface area contributed by atoms with E-state index in [0.717, 1.165) is 16.6 Å². The second kappa shape index (κ2) is 4.57. The maximum atomic E-state index is 10.8. The van der Waals surface area contributed by atoms with E-state index in [4.69, 9.17) is 5.11 Å². The summed E-state index contributed by atoms with van der Waals surface area (Å²) in [7, 11) is 1.91. The van der Waals surface area contributed by atoms with Crippen LogP contribution in [0.2, 0.25) is 0 Å². The summed E-state index contributed by atoms with van der Waals surface area (Å²) in [5.74, 6) is -1.07. The van der Waals surface area contributed by atoms with Crippen molar-refractivity contribution in [1.29, 1.82) is 0 Å². The number of hydrogen-bond acceptors (Lipinski definition) is 2. The molecule has 4 nitrogen and oxygen atoms in total. The number of carbonyl (C=O) groups is 1. The molecule has 0 aliphatic carbocycles. The molecule has 1 unspecified atom stereocenters. The van der Waals surface area contributed by atoms with E-state index in [2.05, 4.69) is 5.10 Å². The second-order valence-electron chi connectivity index (χ2n) is 4.37. The van der Waals surface area contributed by atoms with Crippen molar-refractivity contribution >= 4 is 16.9 Å². The standard InChI is InChI=1S/C13H16N2O2/c1-9(13(16)17)7-8-11-10-5-3-4-6-12(10)15(2)14-11/h3-6,9H,7-8H2,1-2H3,(H,16,17). The molecule has 2 rings (SSSR count). The highest BCUT2D eigenvalue weighted by atomic mass is 16.4. The SMILES string of the molecule is CC(CCc1nn(C)c2ccccc12)C(=O)O. The van der Waals surface area contributed by atoms with Crippen molar-refractivity contribution in [2.45, 2.75) is 19.8 Å². The summed E-state index contributed by atoms with van der Waals surface area (Å²) in [6, 6.07) is 8.01. The van der Waals surface area contributed by atoms with Crippen LogP contribution in [0.1, 0.15) is 19.0 Å². The Morgan fingerprint density at radius 3 is 2.88 bits per heavy atom. The van der Waals surface area contributed by atoms with Gasteiger partial charge in [0.05, 0.1) is 17.1 Å². The average molecular weight is 232 g/mol. The topological polar surface area (TPSA) is 55.1 Å². The van der Waals surface area contributed by atoms with Gasteiger partial charge in [-0.05, 0) is 18.9 Å². The third-order valence-corrected chi connectivity index (χ3v) is 3.07. The molecule has 90 valence electrons. The Hall–Kier alpha value is -1.84. The molecule has 0 amide bonds. The van der Waals surface area contributed by atoms with Crippen LogP contribution < -0.4 is 0 Å². The number of nitrogens with zero attached hydrogens (tertiary/aromatic N) is 2. The Balaban J connectivity index is 2.22. The lowest BCUT2D eigenvalue weighted by atomic mass is 10.0. The van der Waals surface area contributed by atoms with Crippen LogP contribution in [0.15, 0.2) is 24.3 Å². The van der Waals surface area contributed by atoms with Gasteiger partial charge in [0.15, 0.2) is 0 Å². The Bertz CT molecular complexity index is 545. The van der Waals surface area contributed by atoms with Gasteiger partial charge in [0.25, 0.3) is 0 Å². The van der Waals surface area contributed by atoms with Crippen LogP contribution in [0.5, 0.6) is 0 Å². The predicted molar refractivity (Wildman–Crippen MR) is 65.8 cm³/mol. The van der Waals surface area contributed by atoms with Gasteiger partial charge in [0.2, 0.25) is 0 Å². The first kappa shape index (κ1) is 11.6. The molecule has 0 saturated carbocycles. The highest BCUT2D eigenvalue weighted by Crippen LogP contribution is 2.19. The van der Waals surface area contributed by atoms with Crippen molar-refractivity contribution in [2.75, 3.05) is 0 Å². The van der Waals surface area contributed by atoms with E-state index in [1.165, 1.54) is 0 Å². The number of para-hydroxylation sites is 1. The monoisotopic (exact) mass is 232 g/mol. The zero-order chi connectivity index (χ0) is 12.4. The minimum atomic E-state index is -0.745. The van der Waals surface area contributed by atoms with E-state index < -0.39 is 5.97 Å². The maximum Gasteiger partial charge on any atom is 0.306 e. The van der Waals surface area contributed by atoms with Crippen molar-refractivity contribution in [1.82, 2.24) is 9.78 Å². The first-order chi connectivity index (χ1) is 8.09. The van der Waals surface area contributed by atoms with Crippen LogP contribution in [0.25, 0.3) is 10.9 Å². The lowest BCUT2D eigenvalue weighted by molar-refractivity contribution is -0.141. The van der Waals surface area contributed by atoms with Gasteiger partial charge < -0.3 is 5.11 Å². The van der Waals surface area contributed by atoms with Crippen molar-refractivity contribution in [3.05, 3.63) is 30.0 Å². The predicted octanol–water partition coefficient (Wildman–Crippen LogP) is 2.23. The molecule has 0 radical (unpaired) electrons. The van der Waals surface area contributed by atoms with Gasteiger partial charge >= 0.3 is 5.97 Å². The average Bonchev–Trinajstić information content (AvgIpc) is 2.64. The number of aliphatic carboxylic acids is 1. The van der Waals surface area contributed by atoms with Crippen LogP contribution in [-0.4, -0.2) is 20.9 Å². The summed E-state index contributed by atoms with van der Waals surface area (Å²) in [6.07, 6.45) is 1.32. The largest absolute Gasteiger partial charge is 0.481 e. The minimum absolute atomic E-state index is 0.323. The molecule has 17 heavy (non-hydrogen) atoms. The lowest BCUT2D eigenvalue weighted by Gasteiger charge is -2.03. The third kappa shape index (κ3) is 2.30. The van der Waals surface area contributed by atoms with Crippen LogP contribution in [0.3, 0.4) is 0 Å². The van der Waals surface area contributed by atoms with Gasteiger partial charge in [-0.3, -0.25) is 9.48 Å². The number of aromatic nitrogens is 2. The van der Waals surface area contributed by atoms with E-state index in [-0.39, 0.29) is 5.92 Å². The Kier molecular flexibility index (Phi) is 3.13. The molecule has 1 aromatic heterocycles. The van der Waals surface area contributed by atoms with E-state index in [0.29, 0.717) is 12.8 Å². The smallest absolute Gasteiger partial charge is 0.306 e. The Morgan fingerprint density at radius 2 is 2.18 bits per heavy atom. The normalized spacial score (nSPS) is 12.8. The van der Waals surface area contributed by atoms with Crippen LogP contribution in [0.4, 0.5) is 0 Å². The third-order valence-electron chi connectivity index (χ3n) is 3.07. The highest BCUT2D eigenvalue weighted by Gasteiger charge is 2.13. The van der Waals surface area contributed by atoms with E-state index in [1.807, 2.05) is 36.0 Å². The molecule has 0 bridgehead atoms. The van der Waals surface area contributed by atoms with Crippen molar-refractivity contribution in [3.8, 4) is 0 Å². The highest BCUT2D eigenvalue weighted by molar-refractivity contribution is 5.81. The molecule has 4 heteroatoms. The lowest BCUT2D eigenvalue weighted by Crippen LogP contribution is -2.10. The molecule has 0 fully saturated rings. The number of carboxylic acids is 1. The van der Waals surface area contributed by atoms with Crippen molar-refractivity contribution in [3.63, 3.8) is 0 Å². The van der Waals surface area contributed by atoms with Crippen LogP contribution in [0, 0.1) is 5.92 Å². The van der Waals surface area contributed by atoms with Gasteiger partial charge in [-0.2, -0.15) is 5.10 Å². The van der Waals surface area contributed by atoms with Gasteiger partial charge in [-0.25, -0.2) is 0 Å². The molecule has 1 N–H and O–H groups in total. The van der Waals surface area contributed by atoms with E-state index in [1.54, 1.807) is 6.92 Å². The van der Waals surface area contributed by atoms with Gasteiger partial charge in [-0.1, -0.05) is 25.1 Å². The van der Waals surface area contributed by atoms with Gasteiger partial charge in [0, 0.05) is 12.4 Å². The van der Waals surface area contributed by atoms with Crippen molar-refractivity contribution < 1.29 is 9.90 Å². The summed E-state index contributed by atoms with van der Waals surface area (Å²) >= 11 is 0. The van der Waals surface area contributed by atoms with Gasteiger partial charge in [0.1, 0.15) is 0 Å². The van der Waals surface area contributed by atoms with E-state index >= 15 is 0 Å². The number of rotatable bonds is 4. The van der Waals surface area contributed by atoms with Crippen molar-refractivity contribution in [2.24, 2.45) is 13.0 Å². The molecule has 0 spiro atoms. The first-order valence-corrected chi connectivity index (χ1v) is 5.73. The zero-order valence-electron chi connectivity index (χ0n) is 10.1. The molecule has 0 aliphatic heterocycles. The van der Waals surface area contributed by atoms with E-state index in [9.17, 15) is 4.79 Å². The van der Waals surface area contributed by atoms with Gasteiger partial charge in [-0.15, -0.1) is 0 Å². The minimum Gasteiger partial charge on any atom is -0.481 e. The molecular weight excluding hydrogens is 216 g/mol. The number of carboxylic acid groups (broad SMARTS) is 1. The Labute approximate surface area is 99.9 Å². The summed E-state index contributed by atoms with van der Waals surface area (Å²) < 4.78 is 1.84. The summed E-state index contributed by atoms with van der Waals surface area (Å²) in [6.45, 7) is 1.73.